The Morgan fingerprint density at radius 3 is 2.44 bits per heavy atom. The molecule has 1 rings (SSSR count). The maximum atomic E-state index is 11.2. The fourth-order valence-corrected chi connectivity index (χ4v) is 1.16. The number of amides is 1. The number of carboxylic acid groups (broad SMARTS) is 1. The Balaban J connectivity index is 2.38. The topological polar surface area (TPSA) is 86.6 Å². The first-order valence-corrected chi connectivity index (χ1v) is 4.81. The minimum atomic E-state index is -1.50. The van der Waals surface area contributed by atoms with Crippen LogP contribution >= 0.6 is 0 Å². The molecule has 1 amide bonds. The molecule has 5 heteroatoms. The lowest BCUT2D eigenvalue weighted by Crippen LogP contribution is -2.35. The van der Waals surface area contributed by atoms with Crippen LogP contribution in [0.15, 0.2) is 30.3 Å². The van der Waals surface area contributed by atoms with Crippen LogP contribution in [0, 0.1) is 0 Å². The monoisotopic (exact) mass is 223 g/mol. The van der Waals surface area contributed by atoms with Gasteiger partial charge in [0.05, 0.1) is 6.42 Å². The zero-order valence-electron chi connectivity index (χ0n) is 8.59. The number of hydrogen-bond donors (Lipinski definition) is 3. The van der Waals surface area contributed by atoms with Crippen LogP contribution in [0.2, 0.25) is 0 Å². The minimum absolute atomic E-state index is 0.274. The lowest BCUT2D eigenvalue weighted by atomic mass is 10.2. The zero-order valence-corrected chi connectivity index (χ0v) is 8.59. The van der Waals surface area contributed by atoms with Crippen molar-refractivity contribution < 1.29 is 19.8 Å². The molecule has 3 N–H and O–H groups in total. The van der Waals surface area contributed by atoms with Crippen LogP contribution in [0.5, 0.6) is 0 Å². The number of aliphatic hydroxyl groups is 1. The highest BCUT2D eigenvalue weighted by Crippen LogP contribution is 1.98. The number of nitrogens with one attached hydrogen (secondary N) is 1. The lowest BCUT2D eigenvalue weighted by molar-refractivity contribution is -0.143. The Bertz CT molecular complexity index is 364. The maximum Gasteiger partial charge on any atom is 0.306 e. The highest BCUT2D eigenvalue weighted by Gasteiger charge is 2.17. The van der Waals surface area contributed by atoms with E-state index in [4.69, 9.17) is 5.11 Å². The van der Waals surface area contributed by atoms with Gasteiger partial charge >= 0.3 is 5.97 Å². The van der Waals surface area contributed by atoms with Crippen molar-refractivity contribution in [2.45, 2.75) is 19.1 Å². The van der Waals surface area contributed by atoms with Gasteiger partial charge in [0.2, 0.25) is 5.91 Å². The van der Waals surface area contributed by atoms with Gasteiger partial charge < -0.3 is 15.5 Å². The lowest BCUT2D eigenvalue weighted by Gasteiger charge is -2.09. The van der Waals surface area contributed by atoms with Crippen molar-refractivity contribution in [2.24, 2.45) is 0 Å². The van der Waals surface area contributed by atoms with Crippen LogP contribution in [0.25, 0.3) is 0 Å². The van der Waals surface area contributed by atoms with E-state index in [0.717, 1.165) is 5.56 Å². The van der Waals surface area contributed by atoms with E-state index in [9.17, 15) is 14.7 Å². The van der Waals surface area contributed by atoms with E-state index < -0.39 is 24.4 Å². The fraction of sp³-hybridized carbons (Fsp3) is 0.273. The van der Waals surface area contributed by atoms with Crippen molar-refractivity contribution in [2.75, 3.05) is 0 Å². The average Bonchev–Trinajstić information content (AvgIpc) is 2.26. The van der Waals surface area contributed by atoms with Crippen LogP contribution in [0.3, 0.4) is 0 Å². The summed E-state index contributed by atoms with van der Waals surface area (Å²) < 4.78 is 0. The molecule has 0 saturated carbocycles. The first-order valence-electron chi connectivity index (χ1n) is 4.81. The predicted molar refractivity (Wildman–Crippen MR) is 56.5 cm³/mol. The summed E-state index contributed by atoms with van der Waals surface area (Å²) in [6.07, 6.45) is -2.08. The van der Waals surface area contributed by atoms with Gasteiger partial charge in [-0.1, -0.05) is 30.3 Å². The van der Waals surface area contributed by atoms with E-state index in [2.05, 4.69) is 5.32 Å². The first-order chi connectivity index (χ1) is 7.59. The highest BCUT2D eigenvalue weighted by molar-refractivity contribution is 5.84. The van der Waals surface area contributed by atoms with E-state index in [1.54, 1.807) is 0 Å². The Morgan fingerprint density at radius 2 is 1.88 bits per heavy atom. The average molecular weight is 223 g/mol. The van der Waals surface area contributed by atoms with Gasteiger partial charge in [-0.3, -0.25) is 9.59 Å². The van der Waals surface area contributed by atoms with Gasteiger partial charge in [0.15, 0.2) is 0 Å². The number of aliphatic carboxylic acids is 1. The van der Waals surface area contributed by atoms with Crippen LogP contribution in [-0.2, 0) is 16.1 Å². The highest BCUT2D eigenvalue weighted by atomic mass is 16.4. The largest absolute Gasteiger partial charge is 0.481 e. The fourth-order valence-electron chi connectivity index (χ4n) is 1.16. The summed E-state index contributed by atoms with van der Waals surface area (Å²) in [6.45, 7) is 0.274. The van der Waals surface area contributed by atoms with E-state index in [0.29, 0.717) is 0 Å². The molecular formula is C11H13NO4. The van der Waals surface area contributed by atoms with Crippen LogP contribution in [0.1, 0.15) is 12.0 Å². The van der Waals surface area contributed by atoms with E-state index in [-0.39, 0.29) is 6.54 Å². The number of carbonyl (C=O) groups is 2. The SMILES string of the molecule is O=C(O)CC(O)C(=O)NCc1ccccc1. The number of benzene rings is 1. The third-order valence-electron chi connectivity index (χ3n) is 1.98. The molecule has 1 aromatic carbocycles. The molecule has 0 radical (unpaired) electrons. The van der Waals surface area contributed by atoms with Crippen molar-refractivity contribution >= 4 is 11.9 Å². The van der Waals surface area contributed by atoms with Crippen molar-refractivity contribution in [3.05, 3.63) is 35.9 Å². The summed E-state index contributed by atoms with van der Waals surface area (Å²) in [4.78, 5) is 21.5. The molecule has 0 bridgehead atoms. The summed E-state index contributed by atoms with van der Waals surface area (Å²) in [5.74, 6) is -1.88. The van der Waals surface area contributed by atoms with Gasteiger partial charge in [-0.25, -0.2) is 0 Å². The van der Waals surface area contributed by atoms with Crippen LogP contribution in [-0.4, -0.2) is 28.2 Å². The third kappa shape index (κ3) is 4.10. The Labute approximate surface area is 92.7 Å². The second-order valence-corrected chi connectivity index (χ2v) is 3.32. The predicted octanol–water partition coefficient (Wildman–Crippen LogP) is 0.138. The molecule has 0 aliphatic heterocycles. The van der Waals surface area contributed by atoms with Gasteiger partial charge in [-0.15, -0.1) is 0 Å². The Morgan fingerprint density at radius 1 is 1.25 bits per heavy atom. The van der Waals surface area contributed by atoms with Gasteiger partial charge in [-0.05, 0) is 5.56 Å². The smallest absolute Gasteiger partial charge is 0.306 e. The number of carbonyl (C=O) groups excluding carboxylic acids is 1. The normalized spacial score (nSPS) is 11.8. The van der Waals surface area contributed by atoms with Gasteiger partial charge in [0, 0.05) is 6.54 Å². The van der Waals surface area contributed by atoms with Crippen molar-refractivity contribution in [3.63, 3.8) is 0 Å². The third-order valence-corrected chi connectivity index (χ3v) is 1.98. The van der Waals surface area contributed by atoms with Crippen LogP contribution in [0.4, 0.5) is 0 Å². The molecule has 0 spiro atoms. The molecule has 1 unspecified atom stereocenters. The van der Waals surface area contributed by atoms with E-state index in [1.165, 1.54) is 0 Å². The molecule has 0 heterocycles. The van der Waals surface area contributed by atoms with Crippen molar-refractivity contribution in [1.29, 1.82) is 0 Å². The van der Waals surface area contributed by atoms with Gasteiger partial charge in [-0.2, -0.15) is 0 Å². The maximum absolute atomic E-state index is 11.2. The number of hydrogen-bond acceptors (Lipinski definition) is 3. The van der Waals surface area contributed by atoms with Crippen molar-refractivity contribution in [3.8, 4) is 0 Å². The first kappa shape index (κ1) is 12.2. The second kappa shape index (κ2) is 5.87. The molecule has 5 nitrogen and oxygen atoms in total. The molecule has 0 fully saturated rings. The van der Waals surface area contributed by atoms with Gasteiger partial charge in [0.1, 0.15) is 6.10 Å². The van der Waals surface area contributed by atoms with Gasteiger partial charge in [0.25, 0.3) is 0 Å². The summed E-state index contributed by atoms with van der Waals surface area (Å²) in [5.41, 5.74) is 0.887. The quantitative estimate of drug-likeness (QED) is 0.662. The molecule has 0 aliphatic rings. The molecular weight excluding hydrogens is 210 g/mol. The van der Waals surface area contributed by atoms with E-state index >= 15 is 0 Å². The zero-order chi connectivity index (χ0) is 12.0. The Hall–Kier alpha value is -1.88. The standard InChI is InChI=1S/C11H13NO4/c13-9(6-10(14)15)11(16)12-7-8-4-2-1-3-5-8/h1-5,9,13H,6-7H2,(H,12,16)(H,14,15). The molecule has 1 aromatic rings. The molecule has 0 aliphatic carbocycles. The summed E-state index contributed by atoms with van der Waals surface area (Å²) in [7, 11) is 0. The van der Waals surface area contributed by atoms with Crippen molar-refractivity contribution in [1.82, 2.24) is 5.32 Å². The van der Waals surface area contributed by atoms with E-state index in [1.807, 2.05) is 30.3 Å². The molecule has 0 saturated heterocycles. The molecule has 1 atom stereocenters. The number of rotatable bonds is 5. The summed E-state index contributed by atoms with van der Waals surface area (Å²) >= 11 is 0. The molecule has 16 heavy (non-hydrogen) atoms. The summed E-state index contributed by atoms with van der Waals surface area (Å²) in [5, 5.41) is 20.0. The minimum Gasteiger partial charge on any atom is -0.481 e. The molecule has 0 aromatic heterocycles. The number of carboxylic acids is 1. The summed E-state index contributed by atoms with van der Waals surface area (Å²) in [6, 6.07) is 9.16. The number of aliphatic hydroxyl groups excluding tert-OH is 1. The van der Waals surface area contributed by atoms with Crippen LogP contribution < -0.4 is 5.32 Å². The Kier molecular flexibility index (Phi) is 4.47. The molecule has 86 valence electrons. The second-order valence-electron chi connectivity index (χ2n) is 3.32.